The molecule has 110 valence electrons. The van der Waals surface area contributed by atoms with Crippen molar-refractivity contribution in [3.63, 3.8) is 0 Å². The van der Waals surface area contributed by atoms with Crippen LogP contribution >= 0.6 is 15.9 Å². The quantitative estimate of drug-likeness (QED) is 0.678. The lowest BCUT2D eigenvalue weighted by Crippen LogP contribution is -2.06. The fourth-order valence-electron chi connectivity index (χ4n) is 2.43. The van der Waals surface area contributed by atoms with Gasteiger partial charge in [0.05, 0.1) is 17.0 Å². The monoisotopic (exact) mass is 356 g/mol. The van der Waals surface area contributed by atoms with Crippen molar-refractivity contribution in [2.24, 2.45) is 0 Å². The average molecular weight is 357 g/mol. The Morgan fingerprint density at radius 2 is 1.81 bits per heavy atom. The summed E-state index contributed by atoms with van der Waals surface area (Å²) in [5.41, 5.74) is 1.99. The first-order chi connectivity index (χ1) is 9.95. The number of hydrogen-bond donors (Lipinski definition) is 0. The molecule has 0 radical (unpaired) electrons. The zero-order chi connectivity index (χ0) is 15.0. The summed E-state index contributed by atoms with van der Waals surface area (Å²) in [5.74, 6) is 0.863. The molecule has 1 aliphatic rings. The maximum atomic E-state index is 12.8. The molecular formula is C16H12BrF3O. The maximum Gasteiger partial charge on any atom is 0.416 e. The van der Waals surface area contributed by atoms with Gasteiger partial charge in [-0.05, 0) is 28.8 Å². The summed E-state index contributed by atoms with van der Waals surface area (Å²) in [5, 5.41) is 0. The number of ether oxygens (including phenoxy) is 1. The molecular weight excluding hydrogens is 345 g/mol. The second kappa shape index (κ2) is 5.37. The summed E-state index contributed by atoms with van der Waals surface area (Å²) in [6.45, 7) is 0.662. The lowest BCUT2D eigenvalue weighted by Gasteiger charge is -2.14. The topological polar surface area (TPSA) is 9.23 Å². The van der Waals surface area contributed by atoms with Crippen molar-refractivity contribution in [1.29, 1.82) is 0 Å². The average Bonchev–Trinajstić information content (AvgIpc) is 2.93. The SMILES string of the molecule is FC(F)(F)c1cccc(C(Br)c2ccc3c(c2)CCO3)c1. The Kier molecular flexibility index (Phi) is 3.69. The first-order valence-electron chi connectivity index (χ1n) is 6.52. The highest BCUT2D eigenvalue weighted by atomic mass is 79.9. The van der Waals surface area contributed by atoms with Crippen molar-refractivity contribution >= 4 is 15.9 Å². The molecule has 2 aromatic carbocycles. The van der Waals surface area contributed by atoms with Crippen molar-refractivity contribution in [2.75, 3.05) is 6.61 Å². The molecule has 1 heterocycles. The van der Waals surface area contributed by atoms with Crippen LogP contribution in [0.2, 0.25) is 0 Å². The molecule has 21 heavy (non-hydrogen) atoms. The fourth-order valence-corrected chi connectivity index (χ4v) is 3.00. The van der Waals surface area contributed by atoms with E-state index in [4.69, 9.17) is 4.74 Å². The smallest absolute Gasteiger partial charge is 0.416 e. The van der Waals surface area contributed by atoms with Crippen LogP contribution in [0.25, 0.3) is 0 Å². The predicted octanol–water partition coefficient (Wildman–Crippen LogP) is 5.12. The molecule has 0 amide bonds. The second-order valence-electron chi connectivity index (χ2n) is 4.95. The van der Waals surface area contributed by atoms with Crippen LogP contribution in [0, 0.1) is 0 Å². The number of benzene rings is 2. The fraction of sp³-hybridized carbons (Fsp3) is 0.250. The van der Waals surface area contributed by atoms with Gasteiger partial charge in [-0.25, -0.2) is 0 Å². The molecule has 1 atom stereocenters. The largest absolute Gasteiger partial charge is 0.493 e. The Hall–Kier alpha value is -1.49. The van der Waals surface area contributed by atoms with E-state index in [1.165, 1.54) is 12.1 Å². The number of hydrogen-bond acceptors (Lipinski definition) is 1. The van der Waals surface area contributed by atoms with E-state index in [0.29, 0.717) is 12.2 Å². The summed E-state index contributed by atoms with van der Waals surface area (Å²) in [4.78, 5) is -0.273. The predicted molar refractivity (Wildman–Crippen MR) is 77.9 cm³/mol. The van der Waals surface area contributed by atoms with Crippen LogP contribution in [0.1, 0.15) is 27.1 Å². The van der Waals surface area contributed by atoms with Crippen LogP contribution in [0.3, 0.4) is 0 Å². The number of rotatable bonds is 2. The van der Waals surface area contributed by atoms with E-state index >= 15 is 0 Å². The van der Waals surface area contributed by atoms with Crippen LogP contribution < -0.4 is 4.74 Å². The highest BCUT2D eigenvalue weighted by molar-refractivity contribution is 9.09. The van der Waals surface area contributed by atoms with Crippen molar-refractivity contribution in [2.45, 2.75) is 17.4 Å². The highest BCUT2D eigenvalue weighted by Crippen LogP contribution is 2.37. The molecule has 1 aliphatic heterocycles. The molecule has 0 saturated carbocycles. The second-order valence-corrected chi connectivity index (χ2v) is 5.87. The molecule has 1 nitrogen and oxygen atoms in total. The minimum absolute atomic E-state index is 0.273. The van der Waals surface area contributed by atoms with Crippen LogP contribution in [0.4, 0.5) is 13.2 Å². The van der Waals surface area contributed by atoms with E-state index in [0.717, 1.165) is 29.4 Å². The van der Waals surface area contributed by atoms with Gasteiger partial charge < -0.3 is 4.74 Å². The van der Waals surface area contributed by atoms with Gasteiger partial charge in [0.2, 0.25) is 0 Å². The van der Waals surface area contributed by atoms with Crippen LogP contribution in [0.15, 0.2) is 42.5 Å². The summed E-state index contributed by atoms with van der Waals surface area (Å²) < 4.78 is 43.8. The van der Waals surface area contributed by atoms with Gasteiger partial charge in [0.1, 0.15) is 5.75 Å². The van der Waals surface area contributed by atoms with Gasteiger partial charge in [0, 0.05) is 6.42 Å². The van der Waals surface area contributed by atoms with Crippen molar-refractivity contribution < 1.29 is 17.9 Å². The van der Waals surface area contributed by atoms with Crippen molar-refractivity contribution in [1.82, 2.24) is 0 Å². The molecule has 3 rings (SSSR count). The van der Waals surface area contributed by atoms with Gasteiger partial charge in [-0.15, -0.1) is 0 Å². The normalized spacial score (nSPS) is 15.4. The third-order valence-corrected chi connectivity index (χ3v) is 4.57. The third kappa shape index (κ3) is 2.93. The van der Waals surface area contributed by atoms with Gasteiger partial charge in [-0.1, -0.05) is 46.3 Å². The lowest BCUT2D eigenvalue weighted by atomic mass is 10.00. The zero-order valence-corrected chi connectivity index (χ0v) is 12.5. The van der Waals surface area contributed by atoms with E-state index in [9.17, 15) is 13.2 Å². The van der Waals surface area contributed by atoms with E-state index in [-0.39, 0.29) is 4.83 Å². The molecule has 5 heteroatoms. The summed E-state index contributed by atoms with van der Waals surface area (Å²) in [7, 11) is 0. The molecule has 1 unspecified atom stereocenters. The summed E-state index contributed by atoms with van der Waals surface area (Å²) >= 11 is 3.50. The first-order valence-corrected chi connectivity index (χ1v) is 7.43. The maximum absolute atomic E-state index is 12.8. The number of alkyl halides is 4. The molecule has 0 bridgehead atoms. The standard InChI is InChI=1S/C16H12BrF3O/c17-15(11-2-1-3-13(9-11)16(18,19)20)12-4-5-14-10(8-12)6-7-21-14/h1-5,8-9,15H,6-7H2. The highest BCUT2D eigenvalue weighted by Gasteiger charge is 2.31. The van der Waals surface area contributed by atoms with Crippen molar-refractivity contribution in [3.8, 4) is 5.75 Å². The van der Waals surface area contributed by atoms with Crippen molar-refractivity contribution in [3.05, 3.63) is 64.7 Å². The molecule has 0 saturated heterocycles. The van der Waals surface area contributed by atoms with Gasteiger partial charge in [0.25, 0.3) is 0 Å². The minimum atomic E-state index is -4.32. The van der Waals surface area contributed by atoms with Crippen LogP contribution in [0.5, 0.6) is 5.75 Å². The Bertz CT molecular complexity index is 667. The zero-order valence-electron chi connectivity index (χ0n) is 11.0. The molecule has 0 aromatic heterocycles. The minimum Gasteiger partial charge on any atom is -0.493 e. The van der Waals surface area contributed by atoms with Gasteiger partial charge in [0.15, 0.2) is 0 Å². The Labute approximate surface area is 128 Å². The lowest BCUT2D eigenvalue weighted by molar-refractivity contribution is -0.137. The number of fused-ring (bicyclic) bond motifs is 1. The molecule has 0 aliphatic carbocycles. The van der Waals surface area contributed by atoms with Gasteiger partial charge in [-0.2, -0.15) is 13.2 Å². The van der Waals surface area contributed by atoms with E-state index in [1.807, 2.05) is 18.2 Å². The molecule has 0 fully saturated rings. The Morgan fingerprint density at radius 1 is 1.05 bits per heavy atom. The summed E-state index contributed by atoms with van der Waals surface area (Å²) in [6, 6.07) is 11.1. The Morgan fingerprint density at radius 3 is 2.57 bits per heavy atom. The molecule has 0 N–H and O–H groups in total. The van der Waals surface area contributed by atoms with Crippen LogP contribution in [-0.2, 0) is 12.6 Å². The Balaban J connectivity index is 1.93. The first kappa shape index (κ1) is 14.4. The van der Waals surface area contributed by atoms with Gasteiger partial charge >= 0.3 is 6.18 Å². The molecule has 0 spiro atoms. The van der Waals surface area contributed by atoms with Crippen LogP contribution in [-0.4, -0.2) is 6.61 Å². The van der Waals surface area contributed by atoms with E-state index < -0.39 is 11.7 Å². The van der Waals surface area contributed by atoms with E-state index in [1.54, 1.807) is 6.07 Å². The van der Waals surface area contributed by atoms with Gasteiger partial charge in [-0.3, -0.25) is 0 Å². The number of halogens is 4. The summed E-state index contributed by atoms with van der Waals surface area (Å²) in [6.07, 6.45) is -3.49. The third-order valence-electron chi connectivity index (χ3n) is 3.51. The van der Waals surface area contributed by atoms with E-state index in [2.05, 4.69) is 15.9 Å². The molecule has 2 aromatic rings.